The molecule has 0 aliphatic carbocycles. The van der Waals surface area contributed by atoms with Gasteiger partial charge in [0.15, 0.2) is 5.96 Å². The first kappa shape index (κ1) is 20.8. The van der Waals surface area contributed by atoms with Crippen molar-refractivity contribution in [3.8, 4) is 0 Å². The molecule has 2 fully saturated rings. The number of thioether (sulfide) groups is 1. The summed E-state index contributed by atoms with van der Waals surface area (Å²) < 4.78 is 5.55. The lowest BCUT2D eigenvalue weighted by molar-refractivity contribution is -0.0120. The Balaban J connectivity index is 1.85. The summed E-state index contributed by atoms with van der Waals surface area (Å²) in [6.07, 6.45) is 3.63. The summed E-state index contributed by atoms with van der Waals surface area (Å²) in [5.41, 5.74) is 0.634. The van der Waals surface area contributed by atoms with Crippen molar-refractivity contribution < 1.29 is 4.74 Å². The van der Waals surface area contributed by atoms with Crippen LogP contribution in [-0.4, -0.2) is 73.8 Å². The summed E-state index contributed by atoms with van der Waals surface area (Å²) >= 11 is 2.08. The minimum absolute atomic E-state index is 0.251. The van der Waals surface area contributed by atoms with Gasteiger partial charge in [-0.25, -0.2) is 0 Å². The summed E-state index contributed by atoms with van der Waals surface area (Å²) in [4.78, 5) is 7.09. The zero-order valence-electron chi connectivity index (χ0n) is 16.9. The zero-order chi connectivity index (χ0) is 18.3. The third-order valence-corrected chi connectivity index (χ3v) is 6.52. The van der Waals surface area contributed by atoms with Gasteiger partial charge in [-0.05, 0) is 37.4 Å². The number of aliphatic imine (C=N–C) groups is 1. The van der Waals surface area contributed by atoms with Gasteiger partial charge in [0.05, 0.1) is 13.2 Å². The monoisotopic (exact) mass is 370 g/mol. The number of nitrogens with zero attached hydrogens (tertiary/aromatic N) is 2. The van der Waals surface area contributed by atoms with E-state index in [0.29, 0.717) is 11.5 Å². The first-order chi connectivity index (χ1) is 11.8. The van der Waals surface area contributed by atoms with E-state index in [9.17, 15) is 0 Å². The minimum Gasteiger partial charge on any atom is -0.379 e. The van der Waals surface area contributed by atoms with Crippen LogP contribution in [0, 0.1) is 5.41 Å². The highest BCUT2D eigenvalue weighted by Crippen LogP contribution is 2.33. The Morgan fingerprint density at radius 1 is 1.32 bits per heavy atom. The van der Waals surface area contributed by atoms with Gasteiger partial charge in [-0.1, -0.05) is 20.8 Å². The van der Waals surface area contributed by atoms with Crippen LogP contribution < -0.4 is 10.6 Å². The smallest absolute Gasteiger partial charge is 0.191 e. The number of rotatable bonds is 6. The highest BCUT2D eigenvalue weighted by atomic mass is 32.2. The molecule has 6 heteroatoms. The van der Waals surface area contributed by atoms with Crippen LogP contribution in [0.5, 0.6) is 0 Å². The van der Waals surface area contributed by atoms with Gasteiger partial charge in [-0.2, -0.15) is 11.8 Å². The summed E-state index contributed by atoms with van der Waals surface area (Å²) in [5, 5.41) is 7.19. The third-order valence-electron chi connectivity index (χ3n) is 5.28. The molecule has 25 heavy (non-hydrogen) atoms. The van der Waals surface area contributed by atoms with Crippen LogP contribution in [0.25, 0.3) is 0 Å². The van der Waals surface area contributed by atoms with Crippen LogP contribution in [0.4, 0.5) is 0 Å². The lowest BCUT2D eigenvalue weighted by Gasteiger charge is -2.43. The molecular weight excluding hydrogens is 332 g/mol. The highest BCUT2D eigenvalue weighted by molar-refractivity contribution is 7.99. The normalized spacial score (nSPS) is 27.3. The molecule has 0 aromatic carbocycles. The van der Waals surface area contributed by atoms with Crippen molar-refractivity contribution in [1.29, 1.82) is 0 Å². The predicted molar refractivity (Wildman–Crippen MR) is 110 cm³/mol. The summed E-state index contributed by atoms with van der Waals surface area (Å²) in [6.45, 7) is 14.0. The minimum atomic E-state index is 0.251. The molecule has 2 rings (SSSR count). The first-order valence-electron chi connectivity index (χ1n) is 9.72. The Labute approximate surface area is 158 Å². The molecule has 146 valence electrons. The van der Waals surface area contributed by atoms with Gasteiger partial charge in [-0.15, -0.1) is 0 Å². The van der Waals surface area contributed by atoms with E-state index < -0.39 is 0 Å². The lowest BCUT2D eigenvalue weighted by atomic mass is 9.89. The summed E-state index contributed by atoms with van der Waals surface area (Å²) in [7, 11) is 1.87. The maximum atomic E-state index is 5.55. The van der Waals surface area contributed by atoms with Crippen LogP contribution in [0.1, 0.15) is 47.0 Å². The highest BCUT2D eigenvalue weighted by Gasteiger charge is 2.40. The first-order valence-corrected chi connectivity index (χ1v) is 10.9. The van der Waals surface area contributed by atoms with Gasteiger partial charge in [0, 0.05) is 44.0 Å². The molecule has 0 bridgehead atoms. The van der Waals surface area contributed by atoms with E-state index in [4.69, 9.17) is 4.74 Å². The number of nitrogens with one attached hydrogen (secondary N) is 2. The number of ether oxygens (including phenoxy) is 1. The van der Waals surface area contributed by atoms with Crippen molar-refractivity contribution in [2.45, 2.75) is 58.5 Å². The average Bonchev–Trinajstić information content (AvgIpc) is 3.07. The topological polar surface area (TPSA) is 48.9 Å². The molecule has 0 aromatic rings. The maximum Gasteiger partial charge on any atom is 0.191 e. The van der Waals surface area contributed by atoms with E-state index in [1.54, 1.807) is 0 Å². The molecule has 0 saturated carbocycles. The van der Waals surface area contributed by atoms with E-state index >= 15 is 0 Å². The second kappa shape index (κ2) is 9.47. The predicted octanol–water partition coefficient (Wildman–Crippen LogP) is 2.57. The van der Waals surface area contributed by atoms with Crippen LogP contribution in [0.15, 0.2) is 4.99 Å². The lowest BCUT2D eigenvalue weighted by Crippen LogP contribution is -2.60. The molecule has 0 amide bonds. The van der Waals surface area contributed by atoms with E-state index in [0.717, 1.165) is 45.2 Å². The SMILES string of the molecule is CN=C(NCC1(N2CCOCC2)CCSC1)NC(C)CCC(C)(C)C. The molecule has 0 radical (unpaired) electrons. The van der Waals surface area contributed by atoms with Crippen molar-refractivity contribution in [3.63, 3.8) is 0 Å². The van der Waals surface area contributed by atoms with Gasteiger partial charge in [0.1, 0.15) is 0 Å². The fraction of sp³-hybridized carbons (Fsp3) is 0.947. The number of hydrogen-bond acceptors (Lipinski definition) is 4. The molecule has 2 N–H and O–H groups in total. The second-order valence-corrected chi connectivity index (χ2v) is 9.80. The summed E-state index contributed by atoms with van der Waals surface area (Å²) in [6, 6.07) is 0.433. The number of guanidine groups is 1. The maximum absolute atomic E-state index is 5.55. The molecule has 2 atom stereocenters. The van der Waals surface area contributed by atoms with Gasteiger partial charge in [0.25, 0.3) is 0 Å². The van der Waals surface area contributed by atoms with E-state index in [2.05, 4.69) is 60.0 Å². The van der Waals surface area contributed by atoms with Crippen molar-refractivity contribution in [1.82, 2.24) is 15.5 Å². The largest absolute Gasteiger partial charge is 0.379 e. The van der Waals surface area contributed by atoms with Crippen LogP contribution in [-0.2, 0) is 4.74 Å². The van der Waals surface area contributed by atoms with Crippen LogP contribution in [0.2, 0.25) is 0 Å². The number of hydrogen-bond donors (Lipinski definition) is 2. The fourth-order valence-electron chi connectivity index (χ4n) is 3.53. The molecule has 2 aliphatic rings. The van der Waals surface area contributed by atoms with Gasteiger partial charge in [0.2, 0.25) is 0 Å². The molecule has 2 unspecified atom stereocenters. The number of morpholine rings is 1. The van der Waals surface area contributed by atoms with Crippen molar-refractivity contribution in [3.05, 3.63) is 0 Å². The molecule has 2 saturated heterocycles. The Kier molecular flexibility index (Phi) is 7.90. The Morgan fingerprint density at radius 2 is 2.04 bits per heavy atom. The zero-order valence-corrected chi connectivity index (χ0v) is 17.7. The summed E-state index contributed by atoms with van der Waals surface area (Å²) in [5.74, 6) is 3.40. The van der Waals surface area contributed by atoms with Gasteiger partial charge < -0.3 is 15.4 Å². The van der Waals surface area contributed by atoms with E-state index in [1.165, 1.54) is 24.3 Å². The van der Waals surface area contributed by atoms with Gasteiger partial charge >= 0.3 is 0 Å². The van der Waals surface area contributed by atoms with Crippen molar-refractivity contribution >= 4 is 17.7 Å². The third kappa shape index (κ3) is 6.65. The van der Waals surface area contributed by atoms with Crippen LogP contribution >= 0.6 is 11.8 Å². The molecule has 5 nitrogen and oxygen atoms in total. The van der Waals surface area contributed by atoms with E-state index in [-0.39, 0.29) is 5.54 Å². The van der Waals surface area contributed by atoms with Crippen molar-refractivity contribution in [2.24, 2.45) is 10.4 Å². The fourth-order valence-corrected chi connectivity index (χ4v) is 5.01. The standard InChI is InChI=1S/C19H38N4OS/c1-16(6-7-18(2,3)4)22-17(20-5)21-14-19(8-13-25-15-19)23-9-11-24-12-10-23/h16H,6-15H2,1-5H3,(H2,20,21,22). The Bertz CT molecular complexity index is 424. The second-order valence-electron chi connectivity index (χ2n) is 8.70. The molecule has 0 spiro atoms. The van der Waals surface area contributed by atoms with Crippen LogP contribution in [0.3, 0.4) is 0 Å². The molecular formula is C19H38N4OS. The molecule has 2 heterocycles. The van der Waals surface area contributed by atoms with Crippen molar-refractivity contribution in [2.75, 3.05) is 51.4 Å². The molecule has 0 aromatic heterocycles. The molecule has 2 aliphatic heterocycles. The van der Waals surface area contributed by atoms with E-state index in [1.807, 2.05) is 7.05 Å². The quantitative estimate of drug-likeness (QED) is 0.556. The Hall–Kier alpha value is -0.460. The average molecular weight is 371 g/mol. The Morgan fingerprint density at radius 3 is 2.60 bits per heavy atom. The van der Waals surface area contributed by atoms with Gasteiger partial charge in [-0.3, -0.25) is 9.89 Å².